The number of nitrogens with zero attached hydrogens (tertiary/aromatic N) is 2. The number of rotatable bonds is 6. The first-order valence-corrected chi connectivity index (χ1v) is 11.7. The molecule has 2 aliphatic rings. The molecule has 1 saturated heterocycles. The fourth-order valence-electron chi connectivity index (χ4n) is 4.10. The fourth-order valence-corrected chi connectivity index (χ4v) is 4.70. The van der Waals surface area contributed by atoms with E-state index in [1.54, 1.807) is 0 Å². The molecule has 1 amide bonds. The number of halogens is 7. The Balaban J connectivity index is 1.50. The van der Waals surface area contributed by atoms with Crippen LogP contribution in [-0.2, 0) is 25.7 Å². The molecule has 0 bridgehead atoms. The van der Waals surface area contributed by atoms with Crippen LogP contribution in [0.3, 0.4) is 0 Å². The molecule has 1 fully saturated rings. The number of hydrogen-bond donors (Lipinski definition) is 1. The van der Waals surface area contributed by atoms with Crippen molar-refractivity contribution in [2.24, 2.45) is 5.16 Å². The molecule has 2 aromatic carbocycles. The highest BCUT2D eigenvalue weighted by atomic mass is 35.5. The number of carbonyl (C=O) groups excluding carboxylic acids is 2. The molecular formula is C23H17Cl2F5N2O3S. The highest BCUT2D eigenvalue weighted by Crippen LogP contribution is 2.50. The summed E-state index contributed by atoms with van der Waals surface area (Å²) in [4.78, 5) is 29.1. The summed E-state index contributed by atoms with van der Waals surface area (Å²) in [5, 5.41) is 1.98. The van der Waals surface area contributed by atoms with Gasteiger partial charge in [0.25, 0.3) is 5.60 Å². The molecule has 0 aliphatic carbocycles. The van der Waals surface area contributed by atoms with Crippen LogP contribution in [0.1, 0.15) is 36.0 Å². The summed E-state index contributed by atoms with van der Waals surface area (Å²) in [6.45, 7) is -0.418. The van der Waals surface area contributed by atoms with E-state index in [0.29, 0.717) is 0 Å². The Morgan fingerprint density at radius 2 is 1.64 bits per heavy atom. The van der Waals surface area contributed by atoms with Crippen molar-refractivity contribution >= 4 is 52.6 Å². The van der Waals surface area contributed by atoms with Gasteiger partial charge >= 0.3 is 6.18 Å². The highest BCUT2D eigenvalue weighted by Gasteiger charge is 2.62. The fraction of sp³-hybridized carbons (Fsp3) is 0.348. The van der Waals surface area contributed by atoms with Crippen LogP contribution in [0, 0.1) is 5.82 Å². The maximum absolute atomic E-state index is 15.2. The molecule has 0 N–H and O–H groups in total. The lowest BCUT2D eigenvalue weighted by atomic mass is 9.84. The summed E-state index contributed by atoms with van der Waals surface area (Å²) in [5.41, 5.74) is -4.85. The third-order valence-corrected chi connectivity index (χ3v) is 6.93. The van der Waals surface area contributed by atoms with Crippen LogP contribution < -0.4 is 0 Å². The molecule has 2 aromatic rings. The standard InChI is InChI=1S/C23H17Cl2F5N2O3S/c24-15-7-14(8-16(25)20(15)26)22(23(28,29)30)9-17(31-35-22)12-1-3-13(4-2-12)21(27)10-32(11-21)18(33)5-6-19(34)36/h1-4,7-8H,5-6,9-11H2,(H,34,36)/t22-/m0/s1. The summed E-state index contributed by atoms with van der Waals surface area (Å²) in [7, 11) is 0. The lowest BCUT2D eigenvalue weighted by Crippen LogP contribution is -2.58. The van der Waals surface area contributed by atoms with Crippen molar-refractivity contribution in [1.29, 1.82) is 0 Å². The maximum Gasteiger partial charge on any atom is 0.435 e. The lowest BCUT2D eigenvalue weighted by Gasteiger charge is -2.44. The number of thiol groups is 1. The average molecular weight is 567 g/mol. The van der Waals surface area contributed by atoms with Crippen LogP contribution in [-0.4, -0.2) is 40.9 Å². The monoisotopic (exact) mass is 566 g/mol. The second kappa shape index (κ2) is 9.50. The lowest BCUT2D eigenvalue weighted by molar-refractivity contribution is -0.275. The summed E-state index contributed by atoms with van der Waals surface area (Å²) < 4.78 is 71.5. The number of carbonyl (C=O) groups is 2. The average Bonchev–Trinajstić information content (AvgIpc) is 3.26. The van der Waals surface area contributed by atoms with E-state index in [4.69, 9.17) is 28.0 Å². The molecule has 2 heterocycles. The zero-order chi connectivity index (χ0) is 26.5. The van der Waals surface area contributed by atoms with Crippen LogP contribution in [0.25, 0.3) is 0 Å². The van der Waals surface area contributed by atoms with E-state index < -0.39 is 50.4 Å². The minimum absolute atomic E-state index is 0.0492. The predicted molar refractivity (Wildman–Crippen MR) is 125 cm³/mol. The van der Waals surface area contributed by atoms with Gasteiger partial charge in [0, 0.05) is 24.8 Å². The van der Waals surface area contributed by atoms with Crippen molar-refractivity contribution in [3.05, 3.63) is 69.0 Å². The Labute approximate surface area is 217 Å². The molecule has 13 heteroatoms. The number of likely N-dealkylation sites (tertiary alicyclic amines) is 1. The Hall–Kier alpha value is -2.37. The third-order valence-electron chi connectivity index (χ3n) is 6.16. The minimum Gasteiger partial charge on any atom is -0.374 e. The first-order valence-electron chi connectivity index (χ1n) is 10.5. The van der Waals surface area contributed by atoms with Crippen molar-refractivity contribution < 1.29 is 36.4 Å². The molecule has 1 atom stereocenters. The number of benzene rings is 2. The molecule has 2 aliphatic heterocycles. The van der Waals surface area contributed by atoms with Crippen LogP contribution in [0.5, 0.6) is 0 Å². The SMILES string of the molecule is O=C(S)CCC(=O)N1CC(F)(c2ccc(C3=NO[C@@](c4cc(Cl)c(F)c(Cl)c4)(C(F)(F)F)C3)cc2)C1. The van der Waals surface area contributed by atoms with Gasteiger partial charge in [-0.05, 0) is 23.3 Å². The number of alkyl halides is 4. The third kappa shape index (κ3) is 4.80. The van der Waals surface area contributed by atoms with Gasteiger partial charge in [0.1, 0.15) is 0 Å². The topological polar surface area (TPSA) is 59.0 Å². The Kier molecular flexibility index (Phi) is 7.04. The first kappa shape index (κ1) is 26.7. The smallest absolute Gasteiger partial charge is 0.374 e. The van der Waals surface area contributed by atoms with E-state index >= 15 is 4.39 Å². The van der Waals surface area contributed by atoms with Crippen LogP contribution in [0.15, 0.2) is 41.6 Å². The van der Waals surface area contributed by atoms with Crippen molar-refractivity contribution in [3.8, 4) is 0 Å². The summed E-state index contributed by atoms with van der Waals surface area (Å²) in [5.74, 6) is -1.43. The van der Waals surface area contributed by atoms with Gasteiger partial charge in [-0.1, -0.05) is 52.6 Å². The highest BCUT2D eigenvalue weighted by molar-refractivity contribution is 7.96. The van der Waals surface area contributed by atoms with Gasteiger partial charge in [-0.2, -0.15) is 13.2 Å². The van der Waals surface area contributed by atoms with Gasteiger partial charge in [-0.15, -0.1) is 12.6 Å². The number of amides is 1. The maximum atomic E-state index is 15.2. The van der Waals surface area contributed by atoms with Crippen molar-refractivity contribution in [3.63, 3.8) is 0 Å². The molecule has 36 heavy (non-hydrogen) atoms. The molecule has 0 radical (unpaired) electrons. The zero-order valence-electron chi connectivity index (χ0n) is 18.2. The Morgan fingerprint density at radius 3 is 2.17 bits per heavy atom. The molecule has 5 nitrogen and oxygen atoms in total. The van der Waals surface area contributed by atoms with Gasteiger partial charge in [0.05, 0.1) is 28.8 Å². The largest absolute Gasteiger partial charge is 0.435 e. The van der Waals surface area contributed by atoms with Crippen LogP contribution in [0.2, 0.25) is 10.0 Å². The molecule has 0 saturated carbocycles. The summed E-state index contributed by atoms with van der Waals surface area (Å²) >= 11 is 15.0. The van der Waals surface area contributed by atoms with Gasteiger partial charge in [-0.25, -0.2) is 8.78 Å². The summed E-state index contributed by atoms with van der Waals surface area (Å²) in [6.07, 6.45) is -5.82. The first-order chi connectivity index (χ1) is 16.8. The quantitative estimate of drug-likeness (QED) is 0.267. The van der Waals surface area contributed by atoms with Gasteiger partial charge < -0.3 is 9.74 Å². The van der Waals surface area contributed by atoms with Gasteiger partial charge in [-0.3, -0.25) is 9.59 Å². The van der Waals surface area contributed by atoms with Gasteiger partial charge in [0.15, 0.2) is 16.6 Å². The molecule has 0 unspecified atom stereocenters. The van der Waals surface area contributed by atoms with Crippen molar-refractivity contribution in [2.75, 3.05) is 13.1 Å². The van der Waals surface area contributed by atoms with E-state index in [0.717, 1.165) is 12.1 Å². The second-order valence-corrected chi connectivity index (χ2v) is 9.88. The van der Waals surface area contributed by atoms with Crippen LogP contribution in [0.4, 0.5) is 22.0 Å². The normalized spacial score (nSPS) is 21.0. The number of hydrogen-bond acceptors (Lipinski definition) is 4. The van der Waals surface area contributed by atoms with E-state index in [9.17, 15) is 27.2 Å². The van der Waals surface area contributed by atoms with Crippen molar-refractivity contribution in [1.82, 2.24) is 4.90 Å². The van der Waals surface area contributed by atoms with Crippen LogP contribution >= 0.6 is 35.8 Å². The molecular weight excluding hydrogens is 550 g/mol. The minimum atomic E-state index is -4.95. The number of oxime groups is 1. The Bertz CT molecular complexity index is 1230. The summed E-state index contributed by atoms with van der Waals surface area (Å²) in [6, 6.07) is 7.19. The molecule has 0 aromatic heterocycles. The van der Waals surface area contributed by atoms with E-state index in [1.165, 1.54) is 29.2 Å². The molecule has 192 valence electrons. The van der Waals surface area contributed by atoms with E-state index in [2.05, 4.69) is 17.8 Å². The van der Waals surface area contributed by atoms with E-state index in [-0.39, 0.29) is 48.7 Å². The van der Waals surface area contributed by atoms with Crippen molar-refractivity contribution in [2.45, 2.75) is 36.7 Å². The van der Waals surface area contributed by atoms with E-state index in [1.807, 2.05) is 0 Å². The zero-order valence-corrected chi connectivity index (χ0v) is 20.6. The second-order valence-electron chi connectivity index (χ2n) is 8.57. The van der Waals surface area contributed by atoms with Gasteiger partial charge in [0.2, 0.25) is 5.91 Å². The predicted octanol–water partition coefficient (Wildman–Crippen LogP) is 5.96. The molecule has 0 spiro atoms. The molecule has 4 rings (SSSR count). The Morgan fingerprint density at radius 1 is 1.06 bits per heavy atom.